The van der Waals surface area contributed by atoms with E-state index in [4.69, 9.17) is 0 Å². The first-order chi connectivity index (χ1) is 12.9. The average molecular weight is 494 g/mol. The van der Waals surface area contributed by atoms with Crippen molar-refractivity contribution < 1.29 is 0 Å². The van der Waals surface area contributed by atoms with Gasteiger partial charge in [0.15, 0.2) is 0 Å². The van der Waals surface area contributed by atoms with Crippen LogP contribution in [0.25, 0.3) is 11.1 Å². The highest BCUT2D eigenvalue weighted by Crippen LogP contribution is 2.36. The van der Waals surface area contributed by atoms with Crippen molar-refractivity contribution in [1.82, 2.24) is 0 Å². The predicted octanol–water partition coefficient (Wildman–Crippen LogP) is 7.85. The summed E-state index contributed by atoms with van der Waals surface area (Å²) in [4.78, 5) is 0. The molecule has 0 saturated carbocycles. The summed E-state index contributed by atoms with van der Waals surface area (Å²) in [5.74, 6) is 0. The zero-order chi connectivity index (χ0) is 17.6. The second kappa shape index (κ2) is 10.8. The number of benzene rings is 4. The van der Waals surface area contributed by atoms with Crippen molar-refractivity contribution in [3.05, 3.63) is 144 Å². The Kier molecular flexibility index (Phi) is 8.43. The van der Waals surface area contributed by atoms with Crippen molar-refractivity contribution in [2.75, 3.05) is 0 Å². The second-order valence-corrected chi connectivity index (χ2v) is 6.21. The van der Waals surface area contributed by atoms with E-state index in [0.29, 0.717) is 0 Å². The zero-order valence-corrected chi connectivity index (χ0v) is 18.8. The number of hydrogen-bond acceptors (Lipinski definition) is 0. The maximum absolute atomic E-state index is 2.19. The standard InChI is InChI=1S/C26H20.2BrH/c1-5-13-21(14-6-1)25(22-15-7-2-8-16-22)26(23-17-9-3-10-18-23)24-19-11-4-12-20-24;;/h1-20H;2*1H. The average Bonchev–Trinajstić information content (AvgIpc) is 2.74. The molecule has 0 nitrogen and oxygen atoms in total. The van der Waals surface area contributed by atoms with Crippen LogP contribution in [0, 0.1) is 0 Å². The van der Waals surface area contributed by atoms with Crippen molar-refractivity contribution in [3.63, 3.8) is 0 Å². The lowest BCUT2D eigenvalue weighted by molar-refractivity contribution is 1.50. The summed E-state index contributed by atoms with van der Waals surface area (Å²) in [6.07, 6.45) is 0. The summed E-state index contributed by atoms with van der Waals surface area (Å²) in [6, 6.07) is 42.6. The molecule has 0 unspecified atom stereocenters. The van der Waals surface area contributed by atoms with E-state index in [-0.39, 0.29) is 34.0 Å². The molecular formula is C26H22Br2. The van der Waals surface area contributed by atoms with Crippen molar-refractivity contribution >= 4 is 45.1 Å². The van der Waals surface area contributed by atoms with Gasteiger partial charge in [0.1, 0.15) is 0 Å². The van der Waals surface area contributed by atoms with Gasteiger partial charge in [0.05, 0.1) is 0 Å². The molecule has 0 radical (unpaired) electrons. The van der Waals surface area contributed by atoms with Crippen molar-refractivity contribution in [1.29, 1.82) is 0 Å². The molecule has 0 amide bonds. The van der Waals surface area contributed by atoms with E-state index in [1.807, 2.05) is 0 Å². The lowest BCUT2D eigenvalue weighted by Gasteiger charge is -2.18. The first kappa shape index (κ1) is 21.9. The molecule has 140 valence electrons. The van der Waals surface area contributed by atoms with E-state index in [1.165, 1.54) is 33.4 Å². The Labute approximate surface area is 188 Å². The molecule has 0 spiro atoms. The first-order valence-corrected chi connectivity index (χ1v) is 8.89. The Balaban J connectivity index is 0.00000140. The van der Waals surface area contributed by atoms with Gasteiger partial charge < -0.3 is 0 Å². The van der Waals surface area contributed by atoms with Gasteiger partial charge in [0.25, 0.3) is 0 Å². The fourth-order valence-electron chi connectivity index (χ4n) is 3.33. The van der Waals surface area contributed by atoms with E-state index < -0.39 is 0 Å². The molecule has 0 aliphatic rings. The van der Waals surface area contributed by atoms with Crippen LogP contribution in [-0.4, -0.2) is 0 Å². The lowest BCUT2D eigenvalue weighted by Crippen LogP contribution is -1.97. The highest BCUT2D eigenvalue weighted by atomic mass is 79.9. The minimum atomic E-state index is 0. The number of halogens is 2. The molecule has 4 rings (SSSR count). The molecule has 0 aromatic heterocycles. The van der Waals surface area contributed by atoms with Crippen LogP contribution in [0.3, 0.4) is 0 Å². The van der Waals surface area contributed by atoms with E-state index >= 15 is 0 Å². The van der Waals surface area contributed by atoms with E-state index in [0.717, 1.165) is 0 Å². The summed E-state index contributed by atoms with van der Waals surface area (Å²) < 4.78 is 0. The Morgan fingerprint density at radius 2 is 0.464 bits per heavy atom. The predicted molar refractivity (Wildman–Crippen MR) is 131 cm³/mol. The second-order valence-electron chi connectivity index (χ2n) is 6.21. The maximum atomic E-state index is 2.19. The summed E-state index contributed by atoms with van der Waals surface area (Å²) in [5, 5.41) is 0. The largest absolute Gasteiger partial charge is 0.114 e. The number of hydrogen-bond donors (Lipinski definition) is 0. The van der Waals surface area contributed by atoms with Crippen molar-refractivity contribution in [2.45, 2.75) is 0 Å². The van der Waals surface area contributed by atoms with Gasteiger partial charge in [-0.15, -0.1) is 34.0 Å². The van der Waals surface area contributed by atoms with Gasteiger partial charge in [0.2, 0.25) is 0 Å². The first-order valence-electron chi connectivity index (χ1n) is 8.89. The molecular weight excluding hydrogens is 472 g/mol. The summed E-state index contributed by atoms with van der Waals surface area (Å²) >= 11 is 0. The monoisotopic (exact) mass is 492 g/mol. The van der Waals surface area contributed by atoms with Crippen LogP contribution in [0.1, 0.15) is 22.3 Å². The van der Waals surface area contributed by atoms with Gasteiger partial charge in [0, 0.05) is 0 Å². The van der Waals surface area contributed by atoms with E-state index in [2.05, 4.69) is 121 Å². The maximum Gasteiger partial charge on any atom is -0.00268 e. The Morgan fingerprint density at radius 3 is 0.643 bits per heavy atom. The summed E-state index contributed by atoms with van der Waals surface area (Å²) in [7, 11) is 0. The topological polar surface area (TPSA) is 0 Å². The third-order valence-corrected chi connectivity index (χ3v) is 4.50. The Morgan fingerprint density at radius 1 is 0.286 bits per heavy atom. The van der Waals surface area contributed by atoms with Crippen LogP contribution in [0.15, 0.2) is 121 Å². The van der Waals surface area contributed by atoms with E-state index in [9.17, 15) is 0 Å². The van der Waals surface area contributed by atoms with Crippen LogP contribution in [-0.2, 0) is 0 Å². The van der Waals surface area contributed by atoms with Gasteiger partial charge in [-0.25, -0.2) is 0 Å². The molecule has 4 aromatic carbocycles. The quantitative estimate of drug-likeness (QED) is 0.254. The minimum absolute atomic E-state index is 0. The molecule has 0 saturated heterocycles. The van der Waals surface area contributed by atoms with Gasteiger partial charge in [-0.05, 0) is 33.4 Å². The lowest BCUT2D eigenvalue weighted by atomic mass is 9.86. The number of rotatable bonds is 4. The van der Waals surface area contributed by atoms with Crippen LogP contribution < -0.4 is 0 Å². The Bertz CT molecular complexity index is 825. The summed E-state index contributed by atoms with van der Waals surface area (Å²) in [5.41, 5.74) is 7.40. The van der Waals surface area contributed by atoms with Crippen molar-refractivity contribution in [2.24, 2.45) is 0 Å². The van der Waals surface area contributed by atoms with E-state index in [1.54, 1.807) is 0 Å². The minimum Gasteiger partial charge on any atom is -0.114 e. The van der Waals surface area contributed by atoms with Crippen LogP contribution >= 0.6 is 34.0 Å². The highest BCUT2D eigenvalue weighted by molar-refractivity contribution is 8.93. The molecule has 2 heteroatoms. The molecule has 0 heterocycles. The third kappa shape index (κ3) is 4.89. The van der Waals surface area contributed by atoms with Crippen LogP contribution in [0.4, 0.5) is 0 Å². The fraction of sp³-hybridized carbons (Fsp3) is 0. The van der Waals surface area contributed by atoms with Crippen LogP contribution in [0.5, 0.6) is 0 Å². The zero-order valence-electron chi connectivity index (χ0n) is 15.4. The fourth-order valence-corrected chi connectivity index (χ4v) is 3.33. The van der Waals surface area contributed by atoms with Gasteiger partial charge in [-0.3, -0.25) is 0 Å². The van der Waals surface area contributed by atoms with Crippen LogP contribution in [0.2, 0.25) is 0 Å². The SMILES string of the molecule is Br.Br.c1ccc(C(=C(c2ccccc2)c2ccccc2)c2ccccc2)cc1. The van der Waals surface area contributed by atoms with Crippen molar-refractivity contribution in [3.8, 4) is 0 Å². The normalized spacial score (nSPS) is 9.57. The third-order valence-electron chi connectivity index (χ3n) is 4.50. The van der Waals surface area contributed by atoms with Gasteiger partial charge in [-0.1, -0.05) is 121 Å². The summed E-state index contributed by atoms with van der Waals surface area (Å²) in [6.45, 7) is 0. The van der Waals surface area contributed by atoms with Gasteiger partial charge >= 0.3 is 0 Å². The molecule has 0 atom stereocenters. The highest BCUT2D eigenvalue weighted by Gasteiger charge is 2.15. The molecule has 28 heavy (non-hydrogen) atoms. The molecule has 0 N–H and O–H groups in total. The molecule has 0 aliphatic carbocycles. The molecule has 0 bridgehead atoms. The molecule has 4 aromatic rings. The molecule has 0 aliphatic heterocycles. The molecule has 0 fully saturated rings. The van der Waals surface area contributed by atoms with Gasteiger partial charge in [-0.2, -0.15) is 0 Å². The Hall–Kier alpha value is -2.42. The smallest absolute Gasteiger partial charge is 0.00268 e.